The van der Waals surface area contributed by atoms with Gasteiger partial charge in [0.05, 0.1) is 41.7 Å². The topological polar surface area (TPSA) is 132 Å². The number of carbonyl (C=O) groups excluding carboxylic acids is 2. The zero-order valence-electron chi connectivity index (χ0n) is 27.4. The van der Waals surface area contributed by atoms with Crippen LogP contribution in [0.3, 0.4) is 0 Å². The van der Waals surface area contributed by atoms with Crippen molar-refractivity contribution in [3.63, 3.8) is 0 Å². The fourth-order valence-corrected chi connectivity index (χ4v) is 5.53. The Bertz CT molecular complexity index is 2010. The normalized spacial score (nSPS) is 14.1. The maximum atomic E-state index is 13.9. The maximum absolute atomic E-state index is 13.9. The zero-order valence-corrected chi connectivity index (χ0v) is 28.2. The molecule has 1 aliphatic rings. The van der Waals surface area contributed by atoms with Crippen molar-refractivity contribution >= 4 is 41.2 Å². The fraction of sp³-hybridized carbons (Fsp3) is 0.297. The minimum absolute atomic E-state index is 0.0106. The van der Waals surface area contributed by atoms with E-state index in [1.165, 1.54) is 43.4 Å². The molecular weight excluding hydrogens is 677 g/mol. The highest BCUT2D eigenvalue weighted by Crippen LogP contribution is 2.38. The number of Topliss-reactive ketones (excluding diaryl/α,β-unsaturated/α-hetero) is 1. The third-order valence-electron chi connectivity index (χ3n) is 7.78. The zero-order chi connectivity index (χ0) is 36.6. The molecule has 0 fully saturated rings. The van der Waals surface area contributed by atoms with Gasteiger partial charge >= 0.3 is 18.3 Å². The third kappa shape index (κ3) is 8.96. The number of alkyl halides is 3. The Kier molecular flexibility index (Phi) is 12.5. The van der Waals surface area contributed by atoms with Crippen LogP contribution in [0, 0.1) is 0 Å². The van der Waals surface area contributed by atoms with Crippen molar-refractivity contribution in [2.75, 3.05) is 13.7 Å². The van der Waals surface area contributed by atoms with Gasteiger partial charge in [-0.25, -0.2) is 4.79 Å². The third-order valence-corrected chi connectivity index (χ3v) is 8.06. The number of hydrogen-bond donors (Lipinski definition) is 2. The number of aromatic hydroxyl groups is 1. The van der Waals surface area contributed by atoms with Crippen LogP contribution < -0.4 is 25.5 Å². The van der Waals surface area contributed by atoms with Crippen LogP contribution in [0.5, 0.6) is 17.4 Å². The van der Waals surface area contributed by atoms with Crippen molar-refractivity contribution in [2.24, 2.45) is 0 Å². The van der Waals surface area contributed by atoms with Gasteiger partial charge in [0.1, 0.15) is 16.9 Å². The van der Waals surface area contributed by atoms with Gasteiger partial charge in [-0.2, -0.15) is 13.2 Å². The minimum Gasteiger partial charge on any atom is -0.507 e. The standard InChI is InChI=1S/C37H35F3O9S/c1-4-10-26-29(17-16-25(21(2)41)33(26)43)47-18-8-6-5-7-13-28(32(42)22-11-9-12-23(19-22)37(38,39)40)31-34(44)27-15-14-24(50)20-30(27)48-35(31)49-36(45)46-3/h5-7,9,11-13,15-17,19-20,28,32,42-43H,4,8,10,14,18H2,1-3H3/b6-5-,13-7+/t28-,32-/m1/s1. The van der Waals surface area contributed by atoms with Crippen molar-refractivity contribution in [3.8, 4) is 17.4 Å². The van der Waals surface area contributed by atoms with Crippen molar-refractivity contribution in [1.29, 1.82) is 0 Å². The quantitative estimate of drug-likeness (QED) is 0.0675. The minimum atomic E-state index is -4.70. The molecule has 0 aliphatic heterocycles. The van der Waals surface area contributed by atoms with Gasteiger partial charge in [0, 0.05) is 22.8 Å². The monoisotopic (exact) mass is 712 g/mol. The first-order valence-electron chi connectivity index (χ1n) is 15.6. The van der Waals surface area contributed by atoms with Gasteiger partial charge in [0.2, 0.25) is 0 Å². The van der Waals surface area contributed by atoms with Gasteiger partial charge in [-0.05, 0) is 55.7 Å². The molecule has 4 rings (SSSR count). The van der Waals surface area contributed by atoms with E-state index in [1.54, 1.807) is 18.2 Å². The predicted molar refractivity (Wildman–Crippen MR) is 183 cm³/mol. The molecule has 9 nitrogen and oxygen atoms in total. The Hall–Kier alpha value is -5.01. The predicted octanol–water partition coefficient (Wildman–Crippen LogP) is 6.40. The van der Waals surface area contributed by atoms with Gasteiger partial charge in [0.25, 0.3) is 0 Å². The molecule has 0 bridgehead atoms. The van der Waals surface area contributed by atoms with Crippen LogP contribution in [0.1, 0.15) is 77.7 Å². The molecule has 1 aromatic heterocycles. The molecule has 0 unspecified atom stereocenters. The SMILES string of the molecule is CCCc1c(OCC/C=C\C=C\[C@H](c2c(OC(=O)OC)oc3c(c2=O)=CCC(=S)C=3)[C@H](O)c2cccc(C(F)(F)F)c2)ccc(C(C)=O)c1O. The van der Waals surface area contributed by atoms with Gasteiger partial charge in [0.15, 0.2) is 11.2 Å². The molecule has 2 aromatic carbocycles. The van der Waals surface area contributed by atoms with E-state index < -0.39 is 41.3 Å². The average Bonchev–Trinajstić information content (AvgIpc) is 3.07. The summed E-state index contributed by atoms with van der Waals surface area (Å²) in [6.07, 6.45) is 3.22. The smallest absolute Gasteiger partial charge is 0.507 e. The number of rotatable bonds is 13. The number of halogens is 3. The van der Waals surface area contributed by atoms with Gasteiger partial charge in [-0.3, -0.25) is 9.59 Å². The summed E-state index contributed by atoms with van der Waals surface area (Å²) in [5.74, 6) is -1.93. The highest BCUT2D eigenvalue weighted by atomic mass is 32.1. The van der Waals surface area contributed by atoms with Crippen molar-refractivity contribution in [3.05, 3.63) is 109 Å². The fourth-order valence-electron chi connectivity index (χ4n) is 5.34. The number of aliphatic hydroxyl groups excluding tert-OH is 1. The molecule has 13 heteroatoms. The lowest BCUT2D eigenvalue weighted by Crippen LogP contribution is -2.44. The molecule has 1 heterocycles. The van der Waals surface area contributed by atoms with E-state index >= 15 is 0 Å². The lowest BCUT2D eigenvalue weighted by atomic mass is 9.88. The summed E-state index contributed by atoms with van der Waals surface area (Å²) in [6, 6.07) is 7.16. The first-order chi connectivity index (χ1) is 23.8. The van der Waals surface area contributed by atoms with Crippen LogP contribution in [0.2, 0.25) is 0 Å². The number of allylic oxidation sites excluding steroid dienone is 2. The second-order valence-electron chi connectivity index (χ2n) is 11.3. The Labute approximate surface area is 290 Å². The lowest BCUT2D eigenvalue weighted by Gasteiger charge is -2.22. The molecule has 2 atom stereocenters. The first-order valence-corrected chi connectivity index (χ1v) is 16.0. The molecule has 3 aromatic rings. The largest absolute Gasteiger partial charge is 0.516 e. The van der Waals surface area contributed by atoms with E-state index in [2.05, 4.69) is 4.74 Å². The lowest BCUT2D eigenvalue weighted by molar-refractivity contribution is -0.137. The van der Waals surface area contributed by atoms with Crippen molar-refractivity contribution < 1.29 is 51.6 Å². The Morgan fingerprint density at radius 2 is 1.92 bits per heavy atom. The number of ketones is 1. The van der Waals surface area contributed by atoms with E-state index in [0.29, 0.717) is 35.4 Å². The number of aliphatic hydroxyl groups is 1. The van der Waals surface area contributed by atoms with E-state index in [4.69, 9.17) is 26.1 Å². The van der Waals surface area contributed by atoms with Crippen LogP contribution in [-0.4, -0.2) is 40.7 Å². The summed E-state index contributed by atoms with van der Waals surface area (Å²) < 4.78 is 62.1. The first kappa shape index (κ1) is 37.8. The second kappa shape index (κ2) is 16.6. The number of methoxy groups -OCH3 is 1. The number of carbonyl (C=O) groups is 2. The molecule has 0 amide bonds. The Morgan fingerprint density at radius 3 is 2.60 bits per heavy atom. The Morgan fingerprint density at radius 1 is 1.16 bits per heavy atom. The van der Waals surface area contributed by atoms with E-state index in [0.717, 1.165) is 25.3 Å². The average molecular weight is 713 g/mol. The highest BCUT2D eigenvalue weighted by molar-refractivity contribution is 7.81. The van der Waals surface area contributed by atoms with Crippen LogP contribution in [0.25, 0.3) is 12.2 Å². The van der Waals surface area contributed by atoms with Crippen LogP contribution in [-0.2, 0) is 17.3 Å². The molecule has 1 aliphatic carbocycles. The maximum Gasteiger partial charge on any atom is 0.516 e. The summed E-state index contributed by atoms with van der Waals surface area (Å²) in [5, 5.41) is 22.2. The van der Waals surface area contributed by atoms with Crippen LogP contribution >= 0.6 is 12.2 Å². The molecule has 0 spiro atoms. The molecular formula is C37H35F3O9S. The molecule has 0 saturated heterocycles. The number of thiocarbonyl (C=S) groups is 1. The van der Waals surface area contributed by atoms with Gasteiger partial charge < -0.3 is 28.8 Å². The number of phenolic OH excluding ortho intramolecular Hbond substituents is 1. The number of fused-ring (bicyclic) bond motifs is 1. The van der Waals surface area contributed by atoms with E-state index in [1.807, 2.05) is 6.92 Å². The van der Waals surface area contributed by atoms with Gasteiger partial charge in [-0.1, -0.05) is 68.1 Å². The van der Waals surface area contributed by atoms with Gasteiger partial charge in [-0.15, -0.1) is 0 Å². The van der Waals surface area contributed by atoms with E-state index in [9.17, 15) is 37.8 Å². The number of benzene rings is 2. The van der Waals surface area contributed by atoms with Crippen LogP contribution in [0.15, 0.2) is 69.9 Å². The van der Waals surface area contributed by atoms with E-state index in [-0.39, 0.29) is 51.9 Å². The highest BCUT2D eigenvalue weighted by Gasteiger charge is 2.34. The van der Waals surface area contributed by atoms with Crippen LogP contribution in [0.4, 0.5) is 18.0 Å². The molecule has 264 valence electrons. The Balaban J connectivity index is 1.69. The summed E-state index contributed by atoms with van der Waals surface area (Å²) in [7, 11) is 1.03. The molecule has 0 radical (unpaired) electrons. The number of hydrogen-bond acceptors (Lipinski definition) is 10. The molecule has 2 N–H and O–H groups in total. The summed E-state index contributed by atoms with van der Waals surface area (Å²) >= 11 is 5.21. The number of ether oxygens (including phenoxy) is 3. The molecule has 0 saturated carbocycles. The van der Waals surface area contributed by atoms with Crippen molar-refractivity contribution in [1.82, 2.24) is 0 Å². The van der Waals surface area contributed by atoms with Crippen molar-refractivity contribution in [2.45, 2.75) is 57.7 Å². The summed E-state index contributed by atoms with van der Waals surface area (Å²) in [6.45, 7) is 3.49. The second-order valence-corrected chi connectivity index (χ2v) is 11.8. The number of phenols is 1. The summed E-state index contributed by atoms with van der Waals surface area (Å²) in [4.78, 5) is 38.4. The molecule has 50 heavy (non-hydrogen) atoms. The summed E-state index contributed by atoms with van der Waals surface area (Å²) in [5.41, 5.74) is -1.45.